The highest BCUT2D eigenvalue weighted by atomic mass is 19.4. The number of aromatic nitrogens is 3. The first-order chi connectivity index (χ1) is 15.2. The highest BCUT2D eigenvalue weighted by Gasteiger charge is 2.36. The molecule has 166 valence electrons. The zero-order valence-corrected chi connectivity index (χ0v) is 17.6. The Morgan fingerprint density at radius 3 is 2.75 bits per heavy atom. The molecule has 1 amide bonds. The lowest BCUT2D eigenvalue weighted by Gasteiger charge is -2.33. The SMILES string of the molecule is Cc1cc2nc(C3CCCN(C(=O)c4ccc5oc(C)cc5c4)C3)cc(C(F)(F)F)n2n1. The van der Waals surface area contributed by atoms with Gasteiger partial charge in [0.1, 0.15) is 17.0 Å². The third-order valence-corrected chi connectivity index (χ3v) is 5.87. The van der Waals surface area contributed by atoms with E-state index < -0.39 is 11.9 Å². The van der Waals surface area contributed by atoms with Gasteiger partial charge in [-0.15, -0.1) is 0 Å². The molecule has 3 aromatic heterocycles. The van der Waals surface area contributed by atoms with Crippen molar-refractivity contribution in [1.29, 1.82) is 0 Å². The highest BCUT2D eigenvalue weighted by molar-refractivity contribution is 5.98. The quantitative estimate of drug-likeness (QED) is 0.432. The summed E-state index contributed by atoms with van der Waals surface area (Å²) < 4.78 is 47.4. The first kappa shape index (κ1) is 20.5. The minimum atomic E-state index is -4.56. The van der Waals surface area contributed by atoms with Gasteiger partial charge in [0.15, 0.2) is 5.65 Å². The number of halogens is 3. The van der Waals surface area contributed by atoms with Gasteiger partial charge in [-0.25, -0.2) is 9.50 Å². The molecule has 0 spiro atoms. The Hall–Kier alpha value is -3.36. The maximum atomic E-state index is 13.7. The second kappa shape index (κ2) is 7.36. The Labute approximate surface area is 181 Å². The maximum absolute atomic E-state index is 13.7. The zero-order valence-electron chi connectivity index (χ0n) is 17.6. The van der Waals surface area contributed by atoms with Crippen LogP contribution >= 0.6 is 0 Å². The predicted molar refractivity (Wildman–Crippen MR) is 112 cm³/mol. The molecule has 6 nitrogen and oxygen atoms in total. The molecular formula is C23H21F3N4O2. The average molecular weight is 442 g/mol. The number of fused-ring (bicyclic) bond motifs is 2. The van der Waals surface area contributed by atoms with Crippen molar-refractivity contribution in [2.24, 2.45) is 0 Å². The van der Waals surface area contributed by atoms with Gasteiger partial charge in [-0.1, -0.05) is 0 Å². The molecule has 9 heteroatoms. The molecule has 5 rings (SSSR count). The third-order valence-electron chi connectivity index (χ3n) is 5.87. The molecule has 1 atom stereocenters. The number of nitrogens with zero attached hydrogens (tertiary/aromatic N) is 4. The molecule has 1 unspecified atom stereocenters. The van der Waals surface area contributed by atoms with E-state index in [0.29, 0.717) is 48.5 Å². The number of benzene rings is 1. The van der Waals surface area contributed by atoms with E-state index in [1.807, 2.05) is 13.0 Å². The minimum Gasteiger partial charge on any atom is -0.461 e. The fourth-order valence-corrected chi connectivity index (χ4v) is 4.41. The van der Waals surface area contributed by atoms with Crippen molar-refractivity contribution in [1.82, 2.24) is 19.5 Å². The third kappa shape index (κ3) is 3.61. The summed E-state index contributed by atoms with van der Waals surface area (Å²) in [4.78, 5) is 19.3. The number of likely N-dealkylation sites (tertiary alicyclic amines) is 1. The first-order valence-electron chi connectivity index (χ1n) is 10.4. The Bertz CT molecular complexity index is 1340. The van der Waals surface area contributed by atoms with Crippen molar-refractivity contribution in [3.05, 3.63) is 64.8 Å². The van der Waals surface area contributed by atoms with Crippen LogP contribution in [-0.2, 0) is 6.18 Å². The fourth-order valence-electron chi connectivity index (χ4n) is 4.41. The molecule has 4 aromatic rings. The summed E-state index contributed by atoms with van der Waals surface area (Å²) in [5, 5.41) is 4.78. The van der Waals surface area contributed by atoms with E-state index in [-0.39, 0.29) is 17.5 Å². The highest BCUT2D eigenvalue weighted by Crippen LogP contribution is 2.34. The molecule has 1 aliphatic rings. The number of alkyl halides is 3. The lowest BCUT2D eigenvalue weighted by molar-refractivity contribution is -0.142. The van der Waals surface area contributed by atoms with Crippen LogP contribution < -0.4 is 0 Å². The number of aryl methyl sites for hydroxylation is 2. The molecule has 0 saturated carbocycles. The lowest BCUT2D eigenvalue weighted by Crippen LogP contribution is -2.39. The molecule has 1 saturated heterocycles. The van der Waals surface area contributed by atoms with Gasteiger partial charge in [-0.3, -0.25) is 4.79 Å². The molecule has 0 radical (unpaired) electrons. The summed E-state index contributed by atoms with van der Waals surface area (Å²) in [5.74, 6) is 0.335. The number of carbonyl (C=O) groups excluding carboxylic acids is 1. The molecule has 1 fully saturated rings. The van der Waals surface area contributed by atoms with Crippen molar-refractivity contribution >= 4 is 22.5 Å². The molecule has 0 aliphatic carbocycles. The summed E-state index contributed by atoms with van der Waals surface area (Å²) in [7, 11) is 0. The van der Waals surface area contributed by atoms with E-state index in [1.54, 1.807) is 30.0 Å². The first-order valence-corrected chi connectivity index (χ1v) is 10.4. The van der Waals surface area contributed by atoms with Crippen molar-refractivity contribution in [2.45, 2.75) is 38.8 Å². The molecule has 0 N–H and O–H groups in total. The van der Waals surface area contributed by atoms with Crippen molar-refractivity contribution in [3.63, 3.8) is 0 Å². The normalized spacial score (nSPS) is 17.4. The predicted octanol–water partition coefficient (Wildman–Crippen LogP) is 5.13. The number of rotatable bonds is 2. The Morgan fingerprint density at radius 2 is 1.97 bits per heavy atom. The van der Waals surface area contributed by atoms with Crippen molar-refractivity contribution in [2.75, 3.05) is 13.1 Å². The number of carbonyl (C=O) groups is 1. The monoisotopic (exact) mass is 442 g/mol. The van der Waals surface area contributed by atoms with E-state index in [2.05, 4.69) is 10.1 Å². The Kier molecular flexibility index (Phi) is 4.72. The number of hydrogen-bond acceptors (Lipinski definition) is 4. The van der Waals surface area contributed by atoms with E-state index in [1.165, 1.54) is 6.07 Å². The van der Waals surface area contributed by atoms with E-state index in [0.717, 1.165) is 21.7 Å². The standard InChI is InChI=1S/C23H21F3N4O2/c1-13-8-21-27-18(11-20(23(24,25)26)30(21)28-13)16-4-3-7-29(12-16)22(31)15-5-6-19-17(10-15)9-14(2)32-19/h5-6,8-11,16H,3-4,7,12H2,1-2H3. The van der Waals surface area contributed by atoms with Gasteiger partial charge >= 0.3 is 6.18 Å². The molecule has 4 heterocycles. The largest absolute Gasteiger partial charge is 0.461 e. The van der Waals surface area contributed by atoms with Crippen LogP contribution in [0.25, 0.3) is 16.6 Å². The van der Waals surface area contributed by atoms with Gasteiger partial charge in [0.05, 0.1) is 5.69 Å². The van der Waals surface area contributed by atoms with Crippen LogP contribution in [0.3, 0.4) is 0 Å². The molecule has 1 aliphatic heterocycles. The van der Waals surface area contributed by atoms with Gasteiger partial charge < -0.3 is 9.32 Å². The lowest BCUT2D eigenvalue weighted by atomic mass is 9.93. The zero-order chi connectivity index (χ0) is 22.6. The van der Waals surface area contributed by atoms with Crippen LogP contribution in [-0.4, -0.2) is 38.5 Å². The maximum Gasteiger partial charge on any atom is 0.433 e. The van der Waals surface area contributed by atoms with Crippen LogP contribution in [0, 0.1) is 13.8 Å². The topological polar surface area (TPSA) is 63.6 Å². The van der Waals surface area contributed by atoms with Gasteiger partial charge in [-0.05, 0) is 57.0 Å². The van der Waals surface area contributed by atoms with Crippen LogP contribution in [0.2, 0.25) is 0 Å². The second-order valence-electron chi connectivity index (χ2n) is 8.32. The molecule has 32 heavy (non-hydrogen) atoms. The average Bonchev–Trinajstić information content (AvgIpc) is 3.31. The number of piperidine rings is 1. The summed E-state index contributed by atoms with van der Waals surface area (Å²) in [6.07, 6.45) is -3.20. The number of furan rings is 1. The van der Waals surface area contributed by atoms with Crippen molar-refractivity contribution < 1.29 is 22.4 Å². The summed E-state index contributed by atoms with van der Waals surface area (Å²) >= 11 is 0. The minimum absolute atomic E-state index is 0.146. The smallest absolute Gasteiger partial charge is 0.433 e. The van der Waals surface area contributed by atoms with Gasteiger partial charge in [-0.2, -0.15) is 18.3 Å². The number of amides is 1. The number of hydrogen-bond donors (Lipinski definition) is 0. The van der Waals surface area contributed by atoms with Crippen LogP contribution in [0.5, 0.6) is 0 Å². The fraction of sp³-hybridized carbons (Fsp3) is 0.348. The van der Waals surface area contributed by atoms with Gasteiger partial charge in [0.2, 0.25) is 0 Å². The van der Waals surface area contributed by atoms with Crippen LogP contribution in [0.1, 0.15) is 52.0 Å². The summed E-state index contributed by atoms with van der Waals surface area (Å²) in [5.41, 5.74) is 1.36. The summed E-state index contributed by atoms with van der Waals surface area (Å²) in [6, 6.07) is 9.75. The van der Waals surface area contributed by atoms with Gasteiger partial charge in [0, 0.05) is 41.7 Å². The van der Waals surface area contributed by atoms with Crippen molar-refractivity contribution in [3.8, 4) is 0 Å². The summed E-state index contributed by atoms with van der Waals surface area (Å²) in [6.45, 7) is 4.35. The second-order valence-corrected chi connectivity index (χ2v) is 8.32. The van der Waals surface area contributed by atoms with E-state index in [9.17, 15) is 18.0 Å². The molecule has 0 bridgehead atoms. The van der Waals surface area contributed by atoms with Crippen LogP contribution in [0.15, 0.2) is 40.8 Å². The Balaban J connectivity index is 1.45. The Morgan fingerprint density at radius 1 is 1.16 bits per heavy atom. The van der Waals surface area contributed by atoms with Gasteiger partial charge in [0.25, 0.3) is 5.91 Å². The van der Waals surface area contributed by atoms with Crippen LogP contribution in [0.4, 0.5) is 13.2 Å². The van der Waals surface area contributed by atoms with E-state index in [4.69, 9.17) is 4.42 Å². The van der Waals surface area contributed by atoms with E-state index >= 15 is 0 Å². The molecular weight excluding hydrogens is 421 g/mol. The molecule has 1 aromatic carbocycles.